The van der Waals surface area contributed by atoms with Crippen LogP contribution in [0, 0.1) is 0 Å². The van der Waals surface area contributed by atoms with E-state index >= 15 is 0 Å². The Morgan fingerprint density at radius 1 is 1.15 bits per heavy atom. The van der Waals surface area contributed by atoms with E-state index in [-0.39, 0.29) is 0 Å². The quantitative estimate of drug-likeness (QED) is 0.686. The molecule has 0 amide bonds. The van der Waals surface area contributed by atoms with Gasteiger partial charge in [-0.05, 0) is 19.1 Å². The normalized spacial score (nSPS) is 9.46. The van der Waals surface area contributed by atoms with Crippen molar-refractivity contribution in [3.63, 3.8) is 0 Å². The predicted octanol–water partition coefficient (Wildman–Crippen LogP) is 2.72. The minimum atomic E-state index is -1.03. The van der Waals surface area contributed by atoms with Gasteiger partial charge in [0.2, 0.25) is 0 Å². The minimum Gasteiger partial charge on any atom is -0.640 e. The maximum atomic E-state index is 5.71. The summed E-state index contributed by atoms with van der Waals surface area (Å²) in [5, 5.41) is 0. The lowest BCUT2D eigenvalue weighted by Gasteiger charge is -2.13. The molecule has 1 aromatic carbocycles. The Morgan fingerprint density at radius 2 is 1.77 bits per heavy atom. The van der Waals surface area contributed by atoms with Gasteiger partial charge in [0.05, 0.1) is 6.61 Å². The van der Waals surface area contributed by atoms with Crippen LogP contribution in [-0.2, 0) is 0 Å². The van der Waals surface area contributed by atoms with Crippen molar-refractivity contribution in [2.75, 3.05) is 6.61 Å². The van der Waals surface area contributed by atoms with E-state index in [4.69, 9.17) is 8.53 Å². The minimum absolute atomic E-state index is 0.681. The summed E-state index contributed by atoms with van der Waals surface area (Å²) in [6, 6.07) is 7.82. The first-order valence-corrected chi connectivity index (χ1v) is 7.40. The van der Waals surface area contributed by atoms with Crippen molar-refractivity contribution in [1.82, 2.24) is 0 Å². The third-order valence-corrected chi connectivity index (χ3v) is 2.24. The summed E-state index contributed by atoms with van der Waals surface area (Å²) in [7, 11) is 0. The summed E-state index contributed by atoms with van der Waals surface area (Å²) in [6.07, 6.45) is 0. The SMILES string of the molecule is CCOc1ccccc1[O][Al]([CH3])[CH3]. The molecule has 0 unspecified atom stereocenters. The zero-order valence-electron chi connectivity index (χ0n) is 8.41. The maximum Gasteiger partial charge on any atom is 0.540 e. The van der Waals surface area contributed by atoms with Crippen LogP contribution in [0.25, 0.3) is 0 Å². The molecule has 1 aromatic rings. The Hall–Kier alpha value is -0.648. The number of ether oxygens (including phenoxy) is 1. The number of benzene rings is 1. The number of para-hydroxylation sites is 2. The Labute approximate surface area is 84.2 Å². The predicted molar refractivity (Wildman–Crippen MR) is 55.7 cm³/mol. The zero-order chi connectivity index (χ0) is 9.68. The van der Waals surface area contributed by atoms with Gasteiger partial charge in [-0.2, -0.15) is 0 Å². The van der Waals surface area contributed by atoms with E-state index in [9.17, 15) is 0 Å². The van der Waals surface area contributed by atoms with Crippen molar-refractivity contribution >= 4 is 14.5 Å². The van der Waals surface area contributed by atoms with E-state index in [2.05, 4.69) is 11.6 Å². The molecule has 70 valence electrons. The first-order chi connectivity index (χ1) is 6.24. The van der Waals surface area contributed by atoms with Crippen molar-refractivity contribution in [3.05, 3.63) is 24.3 Å². The van der Waals surface area contributed by atoms with Gasteiger partial charge in [-0.25, -0.2) is 0 Å². The highest BCUT2D eigenvalue weighted by atomic mass is 27.2. The molecule has 0 spiro atoms. The Balaban J connectivity index is 2.78. The van der Waals surface area contributed by atoms with Crippen LogP contribution in [0.2, 0.25) is 11.6 Å². The zero-order valence-corrected chi connectivity index (χ0v) is 9.57. The van der Waals surface area contributed by atoms with Gasteiger partial charge in [0.1, 0.15) is 5.75 Å². The van der Waals surface area contributed by atoms with Gasteiger partial charge >= 0.3 is 14.5 Å². The van der Waals surface area contributed by atoms with Crippen molar-refractivity contribution < 1.29 is 8.53 Å². The van der Waals surface area contributed by atoms with Gasteiger partial charge in [-0.15, -0.1) is 0 Å². The molecule has 0 N–H and O–H groups in total. The topological polar surface area (TPSA) is 18.5 Å². The fourth-order valence-corrected chi connectivity index (χ4v) is 1.78. The fourth-order valence-electron chi connectivity index (χ4n) is 1.08. The molecular weight excluding hydrogens is 179 g/mol. The van der Waals surface area contributed by atoms with Crippen LogP contribution in [0.1, 0.15) is 6.92 Å². The van der Waals surface area contributed by atoms with Crippen molar-refractivity contribution in [2.45, 2.75) is 18.5 Å². The molecule has 1 rings (SSSR count). The second-order valence-corrected chi connectivity index (χ2v) is 5.38. The number of hydrogen-bond donors (Lipinski definition) is 0. The third-order valence-electron chi connectivity index (χ3n) is 1.51. The van der Waals surface area contributed by atoms with Crippen LogP contribution in [-0.4, -0.2) is 21.1 Å². The average molecular weight is 194 g/mol. The number of hydrogen-bond acceptors (Lipinski definition) is 2. The van der Waals surface area contributed by atoms with Gasteiger partial charge in [0, 0.05) is 0 Å². The van der Waals surface area contributed by atoms with E-state index in [1.807, 2.05) is 31.2 Å². The van der Waals surface area contributed by atoms with Crippen LogP contribution in [0.15, 0.2) is 24.3 Å². The summed E-state index contributed by atoms with van der Waals surface area (Å²) in [5.74, 6) is 6.02. The number of rotatable bonds is 4. The molecule has 0 fully saturated rings. The summed E-state index contributed by atoms with van der Waals surface area (Å²) < 4.78 is 11.1. The maximum absolute atomic E-state index is 5.71. The molecule has 0 saturated heterocycles. The molecule has 2 nitrogen and oxygen atoms in total. The van der Waals surface area contributed by atoms with Crippen LogP contribution >= 0.6 is 0 Å². The van der Waals surface area contributed by atoms with Crippen LogP contribution < -0.4 is 8.53 Å². The van der Waals surface area contributed by atoms with Crippen LogP contribution in [0.5, 0.6) is 11.5 Å². The molecule has 0 aliphatic rings. The van der Waals surface area contributed by atoms with Gasteiger partial charge in [0.25, 0.3) is 0 Å². The molecule has 0 atom stereocenters. The van der Waals surface area contributed by atoms with Gasteiger partial charge in [-0.1, -0.05) is 23.7 Å². The van der Waals surface area contributed by atoms with Crippen LogP contribution in [0.4, 0.5) is 0 Å². The first kappa shape index (κ1) is 10.4. The molecular formula is C10H15AlO2. The van der Waals surface area contributed by atoms with E-state index < -0.39 is 14.5 Å². The Kier molecular flexibility index (Phi) is 4.14. The summed E-state index contributed by atoms with van der Waals surface area (Å²) in [6.45, 7) is 2.66. The monoisotopic (exact) mass is 194 g/mol. The smallest absolute Gasteiger partial charge is 0.540 e. The van der Waals surface area contributed by atoms with E-state index in [0.717, 1.165) is 11.5 Å². The molecule has 0 heterocycles. The second-order valence-electron chi connectivity index (χ2n) is 3.05. The van der Waals surface area contributed by atoms with E-state index in [1.165, 1.54) is 0 Å². The Morgan fingerprint density at radius 3 is 2.31 bits per heavy atom. The fraction of sp³-hybridized carbons (Fsp3) is 0.400. The summed E-state index contributed by atoms with van der Waals surface area (Å²) >= 11 is -1.03. The molecule has 0 bridgehead atoms. The van der Waals surface area contributed by atoms with E-state index in [1.54, 1.807) is 0 Å². The molecule has 0 saturated carbocycles. The lowest BCUT2D eigenvalue weighted by molar-refractivity contribution is 0.328. The van der Waals surface area contributed by atoms with Crippen molar-refractivity contribution in [2.24, 2.45) is 0 Å². The lowest BCUT2D eigenvalue weighted by atomic mass is 10.3. The highest BCUT2D eigenvalue weighted by molar-refractivity contribution is 6.49. The summed E-state index contributed by atoms with van der Waals surface area (Å²) in [4.78, 5) is 0. The Bertz CT molecular complexity index is 261. The highest BCUT2D eigenvalue weighted by Crippen LogP contribution is 2.26. The largest absolute Gasteiger partial charge is 0.640 e. The first-order valence-electron chi connectivity index (χ1n) is 4.62. The molecule has 3 heteroatoms. The average Bonchev–Trinajstić information content (AvgIpc) is 2.08. The molecule has 0 aliphatic carbocycles. The van der Waals surface area contributed by atoms with Gasteiger partial charge in [-0.3, -0.25) is 0 Å². The van der Waals surface area contributed by atoms with Crippen LogP contribution in [0.3, 0.4) is 0 Å². The highest BCUT2D eigenvalue weighted by Gasteiger charge is 2.10. The molecule has 0 aliphatic heterocycles. The molecule has 13 heavy (non-hydrogen) atoms. The lowest BCUT2D eigenvalue weighted by Crippen LogP contribution is -2.12. The second kappa shape index (κ2) is 5.16. The molecule has 0 radical (unpaired) electrons. The van der Waals surface area contributed by atoms with Gasteiger partial charge < -0.3 is 8.53 Å². The van der Waals surface area contributed by atoms with Gasteiger partial charge in [0.15, 0.2) is 5.75 Å². The van der Waals surface area contributed by atoms with E-state index in [0.29, 0.717) is 6.61 Å². The standard InChI is InChI=1S/C8H10O2.2CH3.Al/c1-2-10-8-6-4-3-5-7(8)9;;;/h3-6,9H,2H2,1H3;2*1H3;/q;;;+1/p-1. The summed E-state index contributed by atoms with van der Waals surface area (Å²) in [5.41, 5.74) is 0. The van der Waals surface area contributed by atoms with Crippen molar-refractivity contribution in [1.29, 1.82) is 0 Å². The molecule has 0 aromatic heterocycles. The van der Waals surface area contributed by atoms with Crippen molar-refractivity contribution in [3.8, 4) is 11.5 Å². The third kappa shape index (κ3) is 3.30.